The lowest BCUT2D eigenvalue weighted by molar-refractivity contribution is 0.957. The molecule has 1 aromatic heterocycles. The van der Waals surface area contributed by atoms with Crippen molar-refractivity contribution < 1.29 is 0 Å². The number of H-pyrrole nitrogens is 1. The zero-order chi connectivity index (χ0) is 13.3. The maximum Gasteiger partial charge on any atom is 0.0961 e. The van der Waals surface area contributed by atoms with Crippen LogP contribution in [0.15, 0.2) is 12.1 Å². The topological polar surface area (TPSA) is 54.7 Å². The van der Waals surface area contributed by atoms with Crippen molar-refractivity contribution in [3.63, 3.8) is 0 Å². The molecule has 0 aliphatic carbocycles. The van der Waals surface area contributed by atoms with Gasteiger partial charge in [0.25, 0.3) is 0 Å². The third-order valence-corrected chi connectivity index (χ3v) is 3.38. The van der Waals surface area contributed by atoms with E-state index in [1.165, 1.54) is 27.8 Å². The van der Waals surface area contributed by atoms with Crippen LogP contribution in [0.3, 0.4) is 0 Å². The van der Waals surface area contributed by atoms with Crippen molar-refractivity contribution in [3.05, 3.63) is 40.1 Å². The van der Waals surface area contributed by atoms with E-state index in [0.717, 1.165) is 17.8 Å². The number of aromatic nitrogens is 2. The molecule has 0 bridgehead atoms. The Morgan fingerprint density at radius 2 is 1.72 bits per heavy atom. The van der Waals surface area contributed by atoms with Gasteiger partial charge < -0.3 is 5.73 Å². The molecule has 0 saturated heterocycles. The van der Waals surface area contributed by atoms with Gasteiger partial charge in [0, 0.05) is 16.8 Å². The molecule has 1 aromatic carbocycles. The minimum absolute atomic E-state index is 0.650. The fourth-order valence-electron chi connectivity index (χ4n) is 2.66. The molecule has 0 atom stereocenters. The van der Waals surface area contributed by atoms with Gasteiger partial charge >= 0.3 is 0 Å². The van der Waals surface area contributed by atoms with Gasteiger partial charge in [-0.2, -0.15) is 5.10 Å². The average molecular weight is 243 g/mol. The van der Waals surface area contributed by atoms with Crippen LogP contribution in [0, 0.1) is 27.7 Å². The highest BCUT2D eigenvalue weighted by Crippen LogP contribution is 2.30. The summed E-state index contributed by atoms with van der Waals surface area (Å²) in [4.78, 5) is 0. The molecule has 0 radical (unpaired) electrons. The summed E-state index contributed by atoms with van der Waals surface area (Å²) >= 11 is 0. The van der Waals surface area contributed by atoms with Gasteiger partial charge in [0.1, 0.15) is 0 Å². The van der Waals surface area contributed by atoms with Gasteiger partial charge in [-0.05, 0) is 51.8 Å². The highest BCUT2D eigenvalue weighted by atomic mass is 15.1. The number of nitrogens with one attached hydrogen (secondary N) is 1. The Morgan fingerprint density at radius 3 is 2.28 bits per heavy atom. The Morgan fingerprint density at radius 1 is 1.11 bits per heavy atom. The first-order chi connectivity index (χ1) is 8.54. The largest absolute Gasteiger partial charge is 0.330 e. The van der Waals surface area contributed by atoms with Crippen molar-refractivity contribution in [3.8, 4) is 11.3 Å². The molecule has 0 saturated carbocycles. The van der Waals surface area contributed by atoms with Crippen molar-refractivity contribution in [2.45, 2.75) is 34.1 Å². The standard InChI is InChI=1S/C15H21N3/c1-9-7-10(2)14(11(3)8-9)15-13(5-6-16)12(4)17-18-15/h7-8H,5-6,16H2,1-4H3,(H,17,18). The summed E-state index contributed by atoms with van der Waals surface area (Å²) in [6, 6.07) is 4.41. The molecule has 3 nitrogen and oxygen atoms in total. The van der Waals surface area contributed by atoms with E-state index in [-0.39, 0.29) is 0 Å². The number of aryl methyl sites for hydroxylation is 4. The third kappa shape index (κ3) is 2.18. The third-order valence-electron chi connectivity index (χ3n) is 3.38. The van der Waals surface area contributed by atoms with Crippen LogP contribution in [-0.4, -0.2) is 16.7 Å². The average Bonchev–Trinajstić information content (AvgIpc) is 2.61. The Hall–Kier alpha value is -1.61. The zero-order valence-electron chi connectivity index (χ0n) is 11.6. The molecule has 2 aromatic rings. The van der Waals surface area contributed by atoms with Gasteiger partial charge in [0.05, 0.1) is 5.69 Å². The number of hydrogen-bond acceptors (Lipinski definition) is 2. The molecule has 3 heteroatoms. The molecule has 0 aliphatic heterocycles. The molecule has 0 amide bonds. The Bertz CT molecular complexity index is 544. The van der Waals surface area contributed by atoms with Crippen molar-refractivity contribution in [1.82, 2.24) is 10.2 Å². The van der Waals surface area contributed by atoms with Gasteiger partial charge in [-0.15, -0.1) is 0 Å². The fraction of sp³-hybridized carbons (Fsp3) is 0.400. The fourth-order valence-corrected chi connectivity index (χ4v) is 2.66. The van der Waals surface area contributed by atoms with Gasteiger partial charge in [0.2, 0.25) is 0 Å². The first kappa shape index (κ1) is 12.8. The lowest BCUT2D eigenvalue weighted by Gasteiger charge is -2.11. The molecule has 1 heterocycles. The molecule has 96 valence electrons. The first-order valence-corrected chi connectivity index (χ1v) is 6.36. The lowest BCUT2D eigenvalue weighted by atomic mass is 9.94. The second kappa shape index (κ2) is 4.94. The van der Waals surface area contributed by atoms with Crippen molar-refractivity contribution in [2.24, 2.45) is 5.73 Å². The number of nitrogens with two attached hydrogens (primary N) is 1. The van der Waals surface area contributed by atoms with Crippen LogP contribution in [-0.2, 0) is 6.42 Å². The molecule has 0 spiro atoms. The van der Waals surface area contributed by atoms with E-state index in [0.29, 0.717) is 6.54 Å². The lowest BCUT2D eigenvalue weighted by Crippen LogP contribution is -2.04. The van der Waals surface area contributed by atoms with E-state index in [1.54, 1.807) is 0 Å². The first-order valence-electron chi connectivity index (χ1n) is 6.36. The molecule has 0 fully saturated rings. The zero-order valence-corrected chi connectivity index (χ0v) is 11.6. The summed E-state index contributed by atoms with van der Waals surface area (Å²) in [7, 11) is 0. The summed E-state index contributed by atoms with van der Waals surface area (Å²) < 4.78 is 0. The number of benzene rings is 1. The summed E-state index contributed by atoms with van der Waals surface area (Å²) in [5.41, 5.74) is 14.2. The minimum Gasteiger partial charge on any atom is -0.330 e. The van der Waals surface area contributed by atoms with E-state index < -0.39 is 0 Å². The van der Waals surface area contributed by atoms with Crippen molar-refractivity contribution in [1.29, 1.82) is 0 Å². The Balaban J connectivity index is 2.62. The van der Waals surface area contributed by atoms with Gasteiger partial charge in [-0.1, -0.05) is 17.7 Å². The van der Waals surface area contributed by atoms with Crippen molar-refractivity contribution in [2.75, 3.05) is 6.54 Å². The molecular weight excluding hydrogens is 222 g/mol. The highest BCUT2D eigenvalue weighted by Gasteiger charge is 2.15. The number of rotatable bonds is 3. The van der Waals surface area contributed by atoms with E-state index in [1.807, 2.05) is 0 Å². The Labute approximate surface area is 108 Å². The van der Waals surface area contributed by atoms with Crippen molar-refractivity contribution >= 4 is 0 Å². The number of hydrogen-bond donors (Lipinski definition) is 2. The van der Waals surface area contributed by atoms with E-state index in [4.69, 9.17) is 5.73 Å². The molecule has 0 unspecified atom stereocenters. The van der Waals surface area contributed by atoms with Crippen LogP contribution >= 0.6 is 0 Å². The molecule has 2 rings (SSSR count). The SMILES string of the molecule is Cc1cc(C)c(-c2n[nH]c(C)c2CCN)c(C)c1. The summed E-state index contributed by atoms with van der Waals surface area (Å²) in [6.07, 6.45) is 0.865. The van der Waals surface area contributed by atoms with E-state index in [2.05, 4.69) is 50.0 Å². The Kier molecular flexibility index (Phi) is 3.53. The summed E-state index contributed by atoms with van der Waals surface area (Å²) in [5.74, 6) is 0. The maximum absolute atomic E-state index is 5.69. The van der Waals surface area contributed by atoms with Gasteiger partial charge in [-0.25, -0.2) is 0 Å². The minimum atomic E-state index is 0.650. The van der Waals surface area contributed by atoms with Crippen LogP contribution in [0.2, 0.25) is 0 Å². The normalized spacial score (nSPS) is 10.9. The molecule has 0 aliphatic rings. The second-order valence-electron chi connectivity index (χ2n) is 4.99. The van der Waals surface area contributed by atoms with Crippen LogP contribution in [0.25, 0.3) is 11.3 Å². The predicted octanol–water partition coefficient (Wildman–Crippen LogP) is 2.81. The van der Waals surface area contributed by atoms with Gasteiger partial charge in [-0.3, -0.25) is 5.10 Å². The van der Waals surface area contributed by atoms with E-state index >= 15 is 0 Å². The quantitative estimate of drug-likeness (QED) is 0.871. The van der Waals surface area contributed by atoms with E-state index in [9.17, 15) is 0 Å². The highest BCUT2D eigenvalue weighted by molar-refractivity contribution is 5.71. The maximum atomic E-state index is 5.69. The summed E-state index contributed by atoms with van der Waals surface area (Å²) in [5, 5.41) is 7.56. The van der Waals surface area contributed by atoms with Crippen LogP contribution < -0.4 is 5.73 Å². The van der Waals surface area contributed by atoms with Crippen LogP contribution in [0.5, 0.6) is 0 Å². The molecular formula is C15H21N3. The van der Waals surface area contributed by atoms with Crippen LogP contribution in [0.1, 0.15) is 27.9 Å². The number of aromatic amines is 1. The molecule has 3 N–H and O–H groups in total. The number of nitrogens with zero attached hydrogens (tertiary/aromatic N) is 1. The van der Waals surface area contributed by atoms with Gasteiger partial charge in [0.15, 0.2) is 0 Å². The molecule has 18 heavy (non-hydrogen) atoms. The van der Waals surface area contributed by atoms with Crippen LogP contribution in [0.4, 0.5) is 0 Å². The summed E-state index contributed by atoms with van der Waals surface area (Å²) in [6.45, 7) is 9.12. The monoisotopic (exact) mass is 243 g/mol. The smallest absolute Gasteiger partial charge is 0.0961 e. The predicted molar refractivity (Wildman–Crippen MR) is 75.7 cm³/mol. The second-order valence-corrected chi connectivity index (χ2v) is 4.99.